The summed E-state index contributed by atoms with van der Waals surface area (Å²) in [6, 6.07) is 5.91. The molecule has 1 N–H and O–H groups in total. The molecule has 0 aliphatic carbocycles. The molecule has 0 aliphatic heterocycles. The third-order valence-electron chi connectivity index (χ3n) is 3.32. The van der Waals surface area contributed by atoms with Crippen LogP contribution in [0.4, 0.5) is 4.39 Å². The average Bonchev–Trinajstić information content (AvgIpc) is 2.65. The van der Waals surface area contributed by atoms with Gasteiger partial charge in [-0.15, -0.1) is 24.7 Å². The number of halogens is 1. The summed E-state index contributed by atoms with van der Waals surface area (Å²) in [6.07, 6.45) is 11.0. The Labute approximate surface area is 162 Å². The van der Waals surface area contributed by atoms with Crippen molar-refractivity contribution in [2.75, 3.05) is 6.61 Å². The largest absolute Gasteiger partial charge is 0.493 e. The molecule has 4 nitrogen and oxygen atoms in total. The van der Waals surface area contributed by atoms with Gasteiger partial charge in [-0.2, -0.15) is 0 Å². The van der Waals surface area contributed by atoms with E-state index in [1.807, 2.05) is 6.92 Å². The Kier molecular flexibility index (Phi) is 17.6. The van der Waals surface area contributed by atoms with Crippen molar-refractivity contribution in [3.8, 4) is 30.4 Å². The zero-order valence-electron chi connectivity index (χ0n) is 16.3. The van der Waals surface area contributed by atoms with Gasteiger partial charge in [0.05, 0.1) is 6.61 Å². The smallest absolute Gasteiger partial charge is 0.303 e. The molecule has 0 aliphatic rings. The fraction of sp³-hybridized carbons (Fsp3) is 0.455. The molecule has 0 saturated heterocycles. The summed E-state index contributed by atoms with van der Waals surface area (Å²) in [4.78, 5) is 20.9. The first-order chi connectivity index (χ1) is 12.9. The number of aliphatic carboxylic acids is 1. The molecular formula is C22H29FO4. The van der Waals surface area contributed by atoms with Gasteiger partial charge in [0.2, 0.25) is 0 Å². The van der Waals surface area contributed by atoms with E-state index in [-0.39, 0.29) is 23.9 Å². The zero-order valence-corrected chi connectivity index (χ0v) is 16.3. The van der Waals surface area contributed by atoms with Crippen molar-refractivity contribution in [3.63, 3.8) is 0 Å². The number of carbonyl (C=O) groups excluding carboxylic acids is 1. The number of ether oxygens (including phenoxy) is 1. The lowest BCUT2D eigenvalue weighted by molar-refractivity contribution is -0.137. The Morgan fingerprint density at radius 2 is 1.85 bits per heavy atom. The van der Waals surface area contributed by atoms with Gasteiger partial charge in [0.25, 0.3) is 0 Å². The molecule has 0 spiro atoms. The van der Waals surface area contributed by atoms with Crippen LogP contribution in [0.15, 0.2) is 24.3 Å². The van der Waals surface area contributed by atoms with E-state index in [4.69, 9.17) is 9.84 Å². The number of Topliss-reactive ketones (excluding diaryl/α,β-unsaturated/α-hetero) is 1. The van der Waals surface area contributed by atoms with Crippen LogP contribution >= 0.6 is 0 Å². The van der Waals surface area contributed by atoms with Crippen LogP contribution in [0.2, 0.25) is 0 Å². The number of ketones is 1. The molecule has 1 rings (SSSR count). The van der Waals surface area contributed by atoms with Crippen molar-refractivity contribution in [1.29, 1.82) is 0 Å². The van der Waals surface area contributed by atoms with Crippen LogP contribution in [0.25, 0.3) is 0 Å². The van der Waals surface area contributed by atoms with Gasteiger partial charge in [0, 0.05) is 19.3 Å². The summed E-state index contributed by atoms with van der Waals surface area (Å²) in [5, 5.41) is 8.16. The number of carbonyl (C=O) groups is 2. The van der Waals surface area contributed by atoms with Gasteiger partial charge in [-0.1, -0.05) is 6.92 Å². The Hall–Kier alpha value is -2.79. The lowest BCUT2D eigenvalue weighted by atomic mass is 10.0. The van der Waals surface area contributed by atoms with Gasteiger partial charge in [-0.25, -0.2) is 4.39 Å². The number of rotatable bonds is 9. The molecule has 27 heavy (non-hydrogen) atoms. The van der Waals surface area contributed by atoms with E-state index >= 15 is 0 Å². The van der Waals surface area contributed by atoms with E-state index in [2.05, 4.69) is 24.7 Å². The summed E-state index contributed by atoms with van der Waals surface area (Å²) in [6.45, 7) is 5.87. The number of unbranched alkanes of at least 4 members (excludes halogenated alkanes) is 1. The molecule has 1 aromatic carbocycles. The van der Waals surface area contributed by atoms with Crippen molar-refractivity contribution in [2.24, 2.45) is 5.92 Å². The Morgan fingerprint density at radius 1 is 1.26 bits per heavy atom. The van der Waals surface area contributed by atoms with Crippen molar-refractivity contribution in [1.82, 2.24) is 0 Å². The third-order valence-corrected chi connectivity index (χ3v) is 3.32. The molecule has 0 fully saturated rings. The van der Waals surface area contributed by atoms with Gasteiger partial charge in [-0.3, -0.25) is 4.79 Å². The predicted molar refractivity (Wildman–Crippen MR) is 106 cm³/mol. The molecule has 0 heterocycles. The molecule has 0 saturated carbocycles. The highest BCUT2D eigenvalue weighted by molar-refractivity contribution is 5.75. The first-order valence-electron chi connectivity index (χ1n) is 8.71. The van der Waals surface area contributed by atoms with E-state index in [1.54, 1.807) is 26.0 Å². The molecule has 0 amide bonds. The zero-order chi connectivity index (χ0) is 21.1. The van der Waals surface area contributed by atoms with Crippen LogP contribution in [0, 0.1) is 36.4 Å². The maximum absolute atomic E-state index is 12.6. The van der Waals surface area contributed by atoms with E-state index in [0.717, 1.165) is 6.42 Å². The highest BCUT2D eigenvalue weighted by Gasteiger charge is 2.10. The fourth-order valence-electron chi connectivity index (χ4n) is 1.93. The second kappa shape index (κ2) is 18.0. The van der Waals surface area contributed by atoms with Crippen molar-refractivity contribution >= 4 is 11.8 Å². The first-order valence-corrected chi connectivity index (χ1v) is 8.71. The van der Waals surface area contributed by atoms with Crippen molar-refractivity contribution in [3.05, 3.63) is 30.1 Å². The van der Waals surface area contributed by atoms with Crippen LogP contribution in [0.3, 0.4) is 0 Å². The second-order valence-corrected chi connectivity index (χ2v) is 5.62. The summed E-state index contributed by atoms with van der Waals surface area (Å²) >= 11 is 0. The third kappa shape index (κ3) is 17.8. The number of hydrogen-bond donors (Lipinski definition) is 1. The first kappa shape index (κ1) is 26.4. The number of hydrogen-bond acceptors (Lipinski definition) is 3. The summed E-state index contributed by atoms with van der Waals surface area (Å²) in [7, 11) is 0. The van der Waals surface area contributed by atoms with Crippen LogP contribution in [0.1, 0.15) is 52.9 Å². The fourth-order valence-corrected chi connectivity index (χ4v) is 1.93. The number of carboxylic acid groups (broad SMARTS) is 1. The monoisotopic (exact) mass is 376 g/mol. The molecule has 0 aromatic heterocycles. The summed E-state index contributed by atoms with van der Waals surface area (Å²) < 4.78 is 18.1. The molecule has 1 aromatic rings. The molecule has 1 unspecified atom stereocenters. The Morgan fingerprint density at radius 3 is 2.30 bits per heavy atom. The molecular weight excluding hydrogens is 347 g/mol. The quantitative estimate of drug-likeness (QED) is 0.500. The molecule has 0 bridgehead atoms. The molecule has 148 valence electrons. The minimum Gasteiger partial charge on any atom is -0.493 e. The van der Waals surface area contributed by atoms with Gasteiger partial charge < -0.3 is 14.6 Å². The Bertz CT molecular complexity index is 609. The predicted octanol–water partition coefficient (Wildman–Crippen LogP) is 4.72. The van der Waals surface area contributed by atoms with Gasteiger partial charge in [0.15, 0.2) is 0 Å². The highest BCUT2D eigenvalue weighted by atomic mass is 19.1. The standard InChI is InChI=1S/C13H17FO2.C7H10O2.C2H2/c1-3-11(8-10(2)15)9-16-13-6-4-12(14)5-7-13;1-2-3-4-5-6-7(8)9;1-2/h4-7,11H,3,8-9H2,1-2H3;4-6H2,1H3,(H,8,9);1-2H. The lowest BCUT2D eigenvalue weighted by Gasteiger charge is -2.14. The van der Waals surface area contributed by atoms with Gasteiger partial charge >= 0.3 is 5.97 Å². The second-order valence-electron chi connectivity index (χ2n) is 5.62. The lowest BCUT2D eigenvalue weighted by Crippen LogP contribution is -2.14. The van der Waals surface area contributed by atoms with Gasteiger partial charge in [-0.05, 0) is 56.9 Å². The molecule has 0 radical (unpaired) electrons. The topological polar surface area (TPSA) is 63.6 Å². The number of benzene rings is 1. The minimum atomic E-state index is -0.743. The summed E-state index contributed by atoms with van der Waals surface area (Å²) in [5.74, 6) is 5.53. The van der Waals surface area contributed by atoms with Crippen LogP contribution < -0.4 is 4.74 Å². The minimum absolute atomic E-state index is 0.176. The van der Waals surface area contributed by atoms with E-state index < -0.39 is 5.97 Å². The van der Waals surface area contributed by atoms with Crippen LogP contribution in [-0.4, -0.2) is 23.5 Å². The average molecular weight is 376 g/mol. The van der Waals surface area contributed by atoms with E-state index in [9.17, 15) is 14.0 Å². The van der Waals surface area contributed by atoms with Crippen LogP contribution in [-0.2, 0) is 9.59 Å². The Balaban J connectivity index is 0. The van der Waals surface area contributed by atoms with Crippen molar-refractivity contribution < 1.29 is 23.8 Å². The maximum Gasteiger partial charge on any atom is 0.303 e. The van der Waals surface area contributed by atoms with Gasteiger partial charge in [0.1, 0.15) is 17.3 Å². The van der Waals surface area contributed by atoms with E-state index in [0.29, 0.717) is 31.6 Å². The maximum atomic E-state index is 12.6. The number of carboxylic acids is 1. The number of terminal acetylenes is 1. The van der Waals surface area contributed by atoms with Crippen LogP contribution in [0.5, 0.6) is 5.75 Å². The van der Waals surface area contributed by atoms with E-state index in [1.165, 1.54) is 12.1 Å². The summed E-state index contributed by atoms with van der Waals surface area (Å²) in [5.41, 5.74) is 0. The van der Waals surface area contributed by atoms with Crippen molar-refractivity contribution in [2.45, 2.75) is 52.9 Å². The molecule has 5 heteroatoms. The SMILES string of the molecule is C#C.CC#CCCCC(=O)O.CCC(COc1ccc(F)cc1)CC(C)=O. The molecule has 1 atom stereocenters. The normalized spacial score (nSPS) is 9.85. The highest BCUT2D eigenvalue weighted by Crippen LogP contribution is 2.15.